The number of rotatable bonds is 1. The summed E-state index contributed by atoms with van der Waals surface area (Å²) < 4.78 is 5.19. The predicted octanol–water partition coefficient (Wildman–Crippen LogP) is 1.52. The van der Waals surface area contributed by atoms with Crippen LogP contribution in [0, 0.1) is 0 Å². The van der Waals surface area contributed by atoms with Crippen molar-refractivity contribution in [1.29, 1.82) is 0 Å². The highest BCUT2D eigenvalue weighted by Gasteiger charge is 2.28. The van der Waals surface area contributed by atoms with Crippen LogP contribution in [0.25, 0.3) is 0 Å². The number of hydrogen-bond donors (Lipinski definition) is 2. The van der Waals surface area contributed by atoms with Crippen LogP contribution >= 0.6 is 12.1 Å². The summed E-state index contributed by atoms with van der Waals surface area (Å²) in [6.07, 6.45) is 1.51. The lowest BCUT2D eigenvalue weighted by atomic mass is 10.2. The highest BCUT2D eigenvalue weighted by molar-refractivity contribution is 8.02. The van der Waals surface area contributed by atoms with Gasteiger partial charge in [-0.3, -0.25) is 10.2 Å². The zero-order valence-electron chi connectivity index (χ0n) is 8.64. The van der Waals surface area contributed by atoms with E-state index >= 15 is 0 Å². The van der Waals surface area contributed by atoms with Gasteiger partial charge in [0, 0.05) is 13.0 Å². The quantitative estimate of drug-likeness (QED) is 0.724. The van der Waals surface area contributed by atoms with Gasteiger partial charge >= 0.3 is 0 Å². The fourth-order valence-corrected chi connectivity index (χ4v) is 2.67. The molecule has 5 nitrogen and oxygen atoms in total. The first-order chi connectivity index (χ1) is 7.84. The van der Waals surface area contributed by atoms with Crippen LogP contribution in [0.2, 0.25) is 0 Å². The van der Waals surface area contributed by atoms with Crippen LogP contribution in [-0.4, -0.2) is 17.6 Å². The third-order valence-electron chi connectivity index (χ3n) is 2.60. The van der Waals surface area contributed by atoms with Crippen LogP contribution in [0.3, 0.4) is 0 Å². The minimum Gasteiger partial charge on any atom is -0.309 e. The molecule has 1 fully saturated rings. The minimum atomic E-state index is 0.0798. The molecular weight excluding hydrogens is 224 g/mol. The zero-order chi connectivity index (χ0) is 11.0. The fourth-order valence-electron chi connectivity index (χ4n) is 1.83. The number of nitrogens with one attached hydrogen (secondary N) is 2. The normalized spacial score (nSPS) is 20.2. The Balaban J connectivity index is 1.84. The summed E-state index contributed by atoms with van der Waals surface area (Å²) in [7, 11) is 0. The highest BCUT2D eigenvalue weighted by atomic mass is 32.2. The van der Waals surface area contributed by atoms with E-state index in [-0.39, 0.29) is 5.91 Å². The molecule has 2 N–H and O–H groups in total. The van der Waals surface area contributed by atoms with E-state index < -0.39 is 0 Å². The molecule has 0 radical (unpaired) electrons. The van der Waals surface area contributed by atoms with E-state index in [0.29, 0.717) is 6.42 Å². The lowest BCUT2D eigenvalue weighted by Crippen LogP contribution is -2.53. The van der Waals surface area contributed by atoms with E-state index in [0.717, 1.165) is 24.3 Å². The van der Waals surface area contributed by atoms with Gasteiger partial charge in [-0.25, -0.2) is 4.41 Å². The summed E-state index contributed by atoms with van der Waals surface area (Å²) in [6.45, 7) is 0.842. The standard InChI is InChI=1S/C10H12N4OS/c15-10-6-3-7-13(11-10)14-9-5-2-1-4-8(9)12-16-14/h1-2,4-5,12H,3,6-7H2,(H,11,15). The zero-order valence-corrected chi connectivity index (χ0v) is 9.46. The Hall–Kier alpha value is -1.40. The van der Waals surface area contributed by atoms with Crippen molar-refractivity contribution in [1.82, 2.24) is 10.5 Å². The molecule has 0 bridgehead atoms. The number of carbonyl (C=O) groups is 1. The summed E-state index contributed by atoms with van der Waals surface area (Å²) in [5.41, 5.74) is 5.01. The lowest BCUT2D eigenvalue weighted by Gasteiger charge is -2.33. The summed E-state index contributed by atoms with van der Waals surface area (Å²) in [6, 6.07) is 8.03. The molecule has 1 saturated heterocycles. The third kappa shape index (κ3) is 1.60. The summed E-state index contributed by atoms with van der Waals surface area (Å²) in [5, 5.41) is 1.86. The second kappa shape index (κ2) is 3.88. The maximum atomic E-state index is 11.3. The number of hydrogen-bond acceptors (Lipinski definition) is 5. The van der Waals surface area contributed by atoms with E-state index in [2.05, 4.69) is 10.1 Å². The second-order valence-corrected chi connectivity index (χ2v) is 4.48. The van der Waals surface area contributed by atoms with Crippen LogP contribution in [0.15, 0.2) is 24.3 Å². The third-order valence-corrected chi connectivity index (χ3v) is 3.48. The smallest absolute Gasteiger partial charge is 0.235 e. The van der Waals surface area contributed by atoms with Crippen molar-refractivity contribution in [3.05, 3.63) is 24.3 Å². The molecule has 0 aromatic heterocycles. The number of para-hydroxylation sites is 2. The van der Waals surface area contributed by atoms with E-state index in [4.69, 9.17) is 0 Å². The van der Waals surface area contributed by atoms with Gasteiger partial charge in [0.2, 0.25) is 5.91 Å². The van der Waals surface area contributed by atoms with E-state index in [1.54, 1.807) is 0 Å². The molecule has 1 aromatic carbocycles. The monoisotopic (exact) mass is 236 g/mol. The van der Waals surface area contributed by atoms with Gasteiger partial charge in [-0.05, 0) is 18.6 Å². The van der Waals surface area contributed by atoms with Crippen molar-refractivity contribution >= 4 is 29.4 Å². The lowest BCUT2D eigenvalue weighted by molar-refractivity contribution is -0.128. The van der Waals surface area contributed by atoms with Gasteiger partial charge in [0.15, 0.2) is 0 Å². The number of amides is 1. The molecule has 84 valence electrons. The maximum absolute atomic E-state index is 11.3. The van der Waals surface area contributed by atoms with Crippen molar-refractivity contribution in [3.8, 4) is 0 Å². The van der Waals surface area contributed by atoms with Gasteiger partial charge in [0.25, 0.3) is 0 Å². The van der Waals surface area contributed by atoms with Crippen molar-refractivity contribution in [2.45, 2.75) is 12.8 Å². The Morgan fingerprint density at radius 1 is 1.31 bits per heavy atom. The van der Waals surface area contributed by atoms with E-state index in [1.807, 2.05) is 33.8 Å². The largest absolute Gasteiger partial charge is 0.309 e. The van der Waals surface area contributed by atoms with E-state index in [1.165, 1.54) is 12.1 Å². The van der Waals surface area contributed by atoms with Crippen LogP contribution in [-0.2, 0) is 4.79 Å². The molecule has 0 saturated carbocycles. The molecule has 6 heteroatoms. The Kier molecular flexibility index (Phi) is 2.37. The summed E-state index contributed by atoms with van der Waals surface area (Å²) in [5.74, 6) is 0.0798. The Morgan fingerprint density at radius 2 is 2.19 bits per heavy atom. The molecule has 0 aliphatic carbocycles. The molecule has 2 aliphatic rings. The first kappa shape index (κ1) is 9.80. The predicted molar refractivity (Wildman–Crippen MR) is 64.2 cm³/mol. The molecule has 1 aromatic rings. The SMILES string of the molecule is O=C1CCCN(N2SNc3ccccc32)N1. The number of anilines is 2. The molecule has 0 unspecified atom stereocenters. The summed E-state index contributed by atoms with van der Waals surface area (Å²) in [4.78, 5) is 11.3. The Labute approximate surface area is 98.0 Å². The molecule has 2 aliphatic heterocycles. The molecule has 0 spiro atoms. The van der Waals surface area contributed by atoms with Crippen molar-refractivity contribution < 1.29 is 4.79 Å². The summed E-state index contributed by atoms with van der Waals surface area (Å²) >= 11 is 1.47. The average Bonchev–Trinajstić information content (AvgIpc) is 2.72. The first-order valence-electron chi connectivity index (χ1n) is 5.24. The number of benzene rings is 1. The van der Waals surface area contributed by atoms with Gasteiger partial charge in [0.05, 0.1) is 23.5 Å². The average molecular weight is 236 g/mol. The Bertz CT molecular complexity index is 425. The molecule has 16 heavy (non-hydrogen) atoms. The molecule has 2 heterocycles. The van der Waals surface area contributed by atoms with Crippen molar-refractivity contribution in [3.63, 3.8) is 0 Å². The van der Waals surface area contributed by atoms with Crippen LogP contribution < -0.4 is 14.6 Å². The van der Waals surface area contributed by atoms with Crippen LogP contribution in [0.5, 0.6) is 0 Å². The first-order valence-corrected chi connectivity index (χ1v) is 6.01. The minimum absolute atomic E-state index is 0.0798. The van der Waals surface area contributed by atoms with Gasteiger partial charge in [-0.1, -0.05) is 12.1 Å². The van der Waals surface area contributed by atoms with Crippen molar-refractivity contribution in [2.75, 3.05) is 15.7 Å². The Morgan fingerprint density at radius 3 is 3.06 bits per heavy atom. The van der Waals surface area contributed by atoms with Crippen LogP contribution in [0.4, 0.5) is 11.4 Å². The van der Waals surface area contributed by atoms with Gasteiger partial charge in [-0.15, -0.1) is 5.12 Å². The molecular formula is C10H12N4OS. The van der Waals surface area contributed by atoms with E-state index in [9.17, 15) is 4.79 Å². The highest BCUT2D eigenvalue weighted by Crippen LogP contribution is 2.39. The number of carbonyl (C=O) groups excluding carboxylic acids is 1. The van der Waals surface area contributed by atoms with Gasteiger partial charge in [-0.2, -0.15) is 0 Å². The number of fused-ring (bicyclic) bond motifs is 1. The van der Waals surface area contributed by atoms with Crippen LogP contribution in [0.1, 0.15) is 12.8 Å². The maximum Gasteiger partial charge on any atom is 0.235 e. The van der Waals surface area contributed by atoms with Crippen molar-refractivity contribution in [2.24, 2.45) is 0 Å². The molecule has 1 amide bonds. The number of hydrazine groups is 2. The molecule has 0 atom stereocenters. The fraction of sp³-hybridized carbons (Fsp3) is 0.300. The van der Waals surface area contributed by atoms with Gasteiger partial charge in [0.1, 0.15) is 0 Å². The second-order valence-electron chi connectivity index (χ2n) is 3.75. The van der Waals surface area contributed by atoms with Gasteiger partial charge < -0.3 is 4.72 Å². The molecule has 3 rings (SSSR count). The topological polar surface area (TPSA) is 47.6 Å². The number of nitrogens with zero attached hydrogens (tertiary/aromatic N) is 2.